The SMILES string of the molecule is C[C@@H](OC(=O)c1ccc(C2SCCS2)cc1)C(=O)Nc1cccc(C#N)c1. The molecule has 0 saturated carbocycles. The van der Waals surface area contributed by atoms with E-state index < -0.39 is 18.0 Å². The van der Waals surface area contributed by atoms with E-state index in [2.05, 4.69) is 5.32 Å². The highest BCUT2D eigenvalue weighted by molar-refractivity contribution is 8.19. The molecule has 27 heavy (non-hydrogen) atoms. The predicted octanol–water partition coefficient (Wildman–Crippen LogP) is 4.22. The Labute approximate surface area is 166 Å². The first-order valence-electron chi connectivity index (χ1n) is 8.42. The van der Waals surface area contributed by atoms with Gasteiger partial charge >= 0.3 is 5.97 Å². The molecule has 0 aromatic heterocycles. The molecule has 0 radical (unpaired) electrons. The summed E-state index contributed by atoms with van der Waals surface area (Å²) < 4.78 is 5.69. The zero-order chi connectivity index (χ0) is 19.2. The van der Waals surface area contributed by atoms with E-state index in [-0.39, 0.29) is 0 Å². The second-order valence-electron chi connectivity index (χ2n) is 5.92. The summed E-state index contributed by atoms with van der Waals surface area (Å²) in [5.41, 5.74) is 2.52. The maximum atomic E-state index is 12.3. The van der Waals surface area contributed by atoms with Crippen molar-refractivity contribution in [1.29, 1.82) is 5.26 Å². The van der Waals surface area contributed by atoms with Gasteiger partial charge in [0.05, 0.1) is 21.8 Å². The minimum atomic E-state index is -0.955. The molecule has 1 fully saturated rings. The first kappa shape index (κ1) is 19.3. The van der Waals surface area contributed by atoms with Crippen LogP contribution in [0.3, 0.4) is 0 Å². The molecule has 138 valence electrons. The van der Waals surface area contributed by atoms with E-state index in [9.17, 15) is 9.59 Å². The molecule has 0 aliphatic carbocycles. The highest BCUT2D eigenvalue weighted by atomic mass is 32.2. The van der Waals surface area contributed by atoms with Gasteiger partial charge in [-0.2, -0.15) is 5.26 Å². The number of esters is 1. The third kappa shape index (κ3) is 5.06. The van der Waals surface area contributed by atoms with Gasteiger partial charge in [0.15, 0.2) is 6.10 Å². The fraction of sp³-hybridized carbons (Fsp3) is 0.250. The number of anilines is 1. The number of thioether (sulfide) groups is 2. The summed E-state index contributed by atoms with van der Waals surface area (Å²) in [5.74, 6) is 1.29. The summed E-state index contributed by atoms with van der Waals surface area (Å²) in [6.07, 6.45) is -0.955. The Kier molecular flexibility index (Phi) is 6.43. The number of hydrogen-bond donors (Lipinski definition) is 1. The van der Waals surface area contributed by atoms with E-state index in [4.69, 9.17) is 10.00 Å². The zero-order valence-electron chi connectivity index (χ0n) is 14.7. The predicted molar refractivity (Wildman–Crippen MR) is 109 cm³/mol. The first-order chi connectivity index (χ1) is 13.1. The maximum Gasteiger partial charge on any atom is 0.338 e. The Morgan fingerprint density at radius 3 is 2.56 bits per heavy atom. The number of benzene rings is 2. The van der Waals surface area contributed by atoms with Crippen LogP contribution in [0.5, 0.6) is 0 Å². The molecule has 5 nitrogen and oxygen atoms in total. The van der Waals surface area contributed by atoms with Gasteiger partial charge in [-0.25, -0.2) is 4.79 Å². The van der Waals surface area contributed by atoms with Crippen molar-refractivity contribution >= 4 is 41.1 Å². The van der Waals surface area contributed by atoms with Gasteiger partial charge < -0.3 is 10.1 Å². The lowest BCUT2D eigenvalue weighted by Crippen LogP contribution is -2.30. The molecule has 1 heterocycles. The van der Waals surface area contributed by atoms with Crippen LogP contribution < -0.4 is 5.32 Å². The monoisotopic (exact) mass is 398 g/mol. The average Bonchev–Trinajstić information content (AvgIpc) is 3.23. The number of carbonyl (C=O) groups excluding carboxylic acids is 2. The number of rotatable bonds is 5. The van der Waals surface area contributed by atoms with E-state index in [0.717, 1.165) is 11.5 Å². The lowest BCUT2D eigenvalue weighted by atomic mass is 10.1. The second-order valence-corrected chi connectivity index (χ2v) is 8.65. The topological polar surface area (TPSA) is 79.2 Å². The van der Waals surface area contributed by atoms with Crippen LogP contribution in [0.25, 0.3) is 0 Å². The van der Waals surface area contributed by atoms with Gasteiger partial charge in [0.1, 0.15) is 0 Å². The van der Waals surface area contributed by atoms with Crippen LogP contribution in [-0.2, 0) is 9.53 Å². The van der Waals surface area contributed by atoms with E-state index in [1.165, 1.54) is 12.5 Å². The molecule has 1 saturated heterocycles. The third-order valence-electron chi connectivity index (χ3n) is 3.95. The number of nitriles is 1. The molecule has 2 aromatic rings. The second kappa shape index (κ2) is 8.98. The fourth-order valence-electron chi connectivity index (χ4n) is 2.52. The van der Waals surface area contributed by atoms with Gasteiger partial charge in [-0.3, -0.25) is 4.79 Å². The van der Waals surface area contributed by atoms with E-state index in [1.54, 1.807) is 36.4 Å². The van der Waals surface area contributed by atoms with Gasteiger partial charge in [0.2, 0.25) is 0 Å². The first-order valence-corrected chi connectivity index (χ1v) is 10.5. The smallest absolute Gasteiger partial charge is 0.338 e. The molecule has 1 atom stereocenters. The van der Waals surface area contributed by atoms with Crippen molar-refractivity contribution in [3.63, 3.8) is 0 Å². The lowest BCUT2D eigenvalue weighted by Gasteiger charge is -2.14. The Morgan fingerprint density at radius 2 is 1.89 bits per heavy atom. The molecule has 3 rings (SSSR count). The summed E-state index contributed by atoms with van der Waals surface area (Å²) in [7, 11) is 0. The van der Waals surface area contributed by atoms with Crippen molar-refractivity contribution in [1.82, 2.24) is 0 Å². The van der Waals surface area contributed by atoms with Gasteiger partial charge in [0.25, 0.3) is 5.91 Å². The Morgan fingerprint density at radius 1 is 1.19 bits per heavy atom. The van der Waals surface area contributed by atoms with Gasteiger partial charge in [-0.05, 0) is 42.8 Å². The summed E-state index contributed by atoms with van der Waals surface area (Å²) in [4.78, 5) is 24.5. The summed E-state index contributed by atoms with van der Waals surface area (Å²) >= 11 is 3.80. The standard InChI is InChI=1S/C20H18N2O3S2/c1-13(18(23)22-17-4-2-3-14(11-17)12-21)25-19(24)15-5-7-16(8-6-15)20-26-9-10-27-20/h2-8,11,13,20H,9-10H2,1H3,(H,22,23)/t13-/m1/s1. The van der Waals surface area contributed by atoms with Crippen LogP contribution in [-0.4, -0.2) is 29.5 Å². The Hall–Kier alpha value is -2.43. The van der Waals surface area contributed by atoms with Crippen LogP contribution in [0.15, 0.2) is 48.5 Å². The normalized spacial score (nSPS) is 15.0. The molecule has 0 spiro atoms. The number of ether oxygens (including phenoxy) is 1. The van der Waals surface area contributed by atoms with Crippen molar-refractivity contribution in [2.45, 2.75) is 17.6 Å². The highest BCUT2D eigenvalue weighted by Crippen LogP contribution is 2.45. The molecule has 0 unspecified atom stereocenters. The van der Waals surface area contributed by atoms with E-state index in [1.807, 2.05) is 41.7 Å². The van der Waals surface area contributed by atoms with Crippen LogP contribution in [0.4, 0.5) is 5.69 Å². The van der Waals surface area contributed by atoms with E-state index >= 15 is 0 Å². The van der Waals surface area contributed by atoms with Crippen LogP contribution in [0.1, 0.15) is 33.0 Å². The molecule has 1 aliphatic rings. The number of hydrogen-bond acceptors (Lipinski definition) is 6. The van der Waals surface area contributed by atoms with E-state index in [0.29, 0.717) is 21.4 Å². The number of nitrogens with one attached hydrogen (secondary N) is 1. The molecule has 7 heteroatoms. The summed E-state index contributed by atoms with van der Waals surface area (Å²) in [6.45, 7) is 1.52. The van der Waals surface area contributed by atoms with Crippen molar-refractivity contribution in [2.24, 2.45) is 0 Å². The molecule has 0 bridgehead atoms. The number of carbonyl (C=O) groups is 2. The minimum absolute atomic E-state index is 0.415. The van der Waals surface area contributed by atoms with Crippen LogP contribution in [0.2, 0.25) is 0 Å². The molecule has 2 aromatic carbocycles. The third-order valence-corrected chi connectivity index (χ3v) is 7.06. The van der Waals surface area contributed by atoms with Crippen LogP contribution in [0, 0.1) is 11.3 Å². The minimum Gasteiger partial charge on any atom is -0.449 e. The molecule has 1 aliphatic heterocycles. The largest absolute Gasteiger partial charge is 0.449 e. The Bertz CT molecular complexity index is 872. The number of amides is 1. The molecular formula is C20H18N2O3S2. The maximum absolute atomic E-state index is 12.3. The number of nitrogens with zero attached hydrogens (tertiary/aromatic N) is 1. The van der Waals surface area contributed by atoms with Crippen molar-refractivity contribution < 1.29 is 14.3 Å². The summed E-state index contributed by atoms with van der Waals surface area (Å²) in [6, 6.07) is 15.9. The van der Waals surface area contributed by atoms with Crippen molar-refractivity contribution in [3.05, 3.63) is 65.2 Å². The molecule has 1 amide bonds. The van der Waals surface area contributed by atoms with Crippen LogP contribution >= 0.6 is 23.5 Å². The van der Waals surface area contributed by atoms with Gasteiger partial charge in [-0.15, -0.1) is 23.5 Å². The van der Waals surface area contributed by atoms with Gasteiger partial charge in [-0.1, -0.05) is 18.2 Å². The van der Waals surface area contributed by atoms with Gasteiger partial charge in [0, 0.05) is 17.2 Å². The fourth-order valence-corrected chi connectivity index (χ4v) is 5.38. The quantitative estimate of drug-likeness (QED) is 0.760. The average molecular weight is 399 g/mol. The Balaban J connectivity index is 1.57. The molecular weight excluding hydrogens is 380 g/mol. The zero-order valence-corrected chi connectivity index (χ0v) is 16.3. The van der Waals surface area contributed by atoms with Crippen molar-refractivity contribution in [3.8, 4) is 6.07 Å². The molecule has 1 N–H and O–H groups in total. The van der Waals surface area contributed by atoms with Crippen molar-refractivity contribution in [2.75, 3.05) is 16.8 Å². The highest BCUT2D eigenvalue weighted by Gasteiger charge is 2.21. The lowest BCUT2D eigenvalue weighted by molar-refractivity contribution is -0.123. The summed E-state index contributed by atoms with van der Waals surface area (Å²) in [5, 5.41) is 11.6.